The highest BCUT2D eigenvalue weighted by atomic mass is 32.1. The molecule has 2 aromatic rings. The van der Waals surface area contributed by atoms with Crippen LogP contribution in [-0.4, -0.2) is 19.8 Å². The van der Waals surface area contributed by atoms with E-state index in [1.54, 1.807) is 0 Å². The van der Waals surface area contributed by atoms with Crippen LogP contribution >= 0.6 is 12.6 Å². The molecule has 0 saturated carbocycles. The van der Waals surface area contributed by atoms with Gasteiger partial charge in [0.1, 0.15) is 0 Å². The van der Waals surface area contributed by atoms with Crippen LogP contribution in [-0.2, 0) is 6.54 Å². The van der Waals surface area contributed by atoms with Crippen molar-refractivity contribution in [1.82, 2.24) is 0 Å². The van der Waals surface area contributed by atoms with Gasteiger partial charge in [-0.25, -0.2) is 0 Å². The van der Waals surface area contributed by atoms with Crippen LogP contribution in [0.15, 0.2) is 48.7 Å². The standard InChI is InChI=1S/C18H22N2S/c1-15(18-6-4-5-11-20(18)12-13-21)14-16-7-9-17(10-8-16)19(2)3/h4-11,14H,12-13H2,1-3H3/p+1. The number of aromatic nitrogens is 1. The van der Waals surface area contributed by atoms with Gasteiger partial charge >= 0.3 is 0 Å². The van der Waals surface area contributed by atoms with E-state index in [0.717, 1.165) is 12.3 Å². The van der Waals surface area contributed by atoms with E-state index in [1.165, 1.54) is 22.5 Å². The van der Waals surface area contributed by atoms with E-state index >= 15 is 0 Å². The minimum atomic E-state index is 0.840. The molecule has 0 aliphatic rings. The van der Waals surface area contributed by atoms with Gasteiger partial charge in [-0.05, 0) is 36.8 Å². The van der Waals surface area contributed by atoms with Gasteiger partial charge in [0.05, 0.1) is 0 Å². The molecule has 2 nitrogen and oxygen atoms in total. The molecule has 0 atom stereocenters. The van der Waals surface area contributed by atoms with Gasteiger partial charge in [-0.3, -0.25) is 0 Å². The molecule has 2 rings (SSSR count). The molecule has 0 radical (unpaired) electrons. The molecule has 0 amide bonds. The van der Waals surface area contributed by atoms with Crippen LogP contribution in [0, 0.1) is 0 Å². The van der Waals surface area contributed by atoms with Crippen molar-refractivity contribution in [3.05, 3.63) is 59.9 Å². The Hall–Kier alpha value is -1.74. The third kappa shape index (κ3) is 4.11. The molecule has 0 N–H and O–H groups in total. The zero-order valence-corrected chi connectivity index (χ0v) is 13.8. The van der Waals surface area contributed by atoms with Gasteiger partial charge < -0.3 is 4.90 Å². The van der Waals surface area contributed by atoms with Crippen molar-refractivity contribution >= 4 is 30.0 Å². The Morgan fingerprint density at radius 2 is 1.86 bits per heavy atom. The third-order valence-corrected chi connectivity index (χ3v) is 3.68. The first-order valence-electron chi connectivity index (χ1n) is 7.17. The molecule has 0 spiro atoms. The Kier molecular flexibility index (Phi) is 5.45. The first-order valence-corrected chi connectivity index (χ1v) is 7.80. The Bertz CT molecular complexity index is 615. The summed E-state index contributed by atoms with van der Waals surface area (Å²) in [4.78, 5) is 2.11. The molecule has 1 heterocycles. The SMILES string of the molecule is C/C(=C\c1ccc(N(C)C)cc1)c1cccc[n+]1CCS. The number of thiol groups is 1. The van der Waals surface area contributed by atoms with E-state index in [0.29, 0.717) is 0 Å². The van der Waals surface area contributed by atoms with Crippen LogP contribution in [0.1, 0.15) is 18.2 Å². The molecule has 0 aliphatic carbocycles. The van der Waals surface area contributed by atoms with Gasteiger partial charge in [-0.1, -0.05) is 12.1 Å². The third-order valence-electron chi connectivity index (χ3n) is 3.48. The van der Waals surface area contributed by atoms with Crippen molar-refractivity contribution in [2.45, 2.75) is 13.5 Å². The lowest BCUT2D eigenvalue weighted by Crippen LogP contribution is -2.38. The van der Waals surface area contributed by atoms with Crippen molar-refractivity contribution in [3.63, 3.8) is 0 Å². The Morgan fingerprint density at radius 1 is 1.14 bits per heavy atom. The van der Waals surface area contributed by atoms with Crippen molar-refractivity contribution in [1.29, 1.82) is 0 Å². The first-order chi connectivity index (χ1) is 10.1. The number of hydrogen-bond acceptors (Lipinski definition) is 2. The summed E-state index contributed by atoms with van der Waals surface area (Å²) in [5, 5.41) is 0. The summed E-state index contributed by atoms with van der Waals surface area (Å²) in [6, 6.07) is 14.9. The minimum Gasteiger partial charge on any atom is -0.378 e. The van der Waals surface area contributed by atoms with Gasteiger partial charge in [0, 0.05) is 43.2 Å². The molecule has 0 bridgehead atoms. The maximum absolute atomic E-state index is 4.33. The summed E-state index contributed by atoms with van der Waals surface area (Å²) in [6.07, 6.45) is 4.34. The number of hydrogen-bond donors (Lipinski definition) is 1. The number of benzene rings is 1. The van der Waals surface area contributed by atoms with E-state index in [9.17, 15) is 0 Å². The number of pyridine rings is 1. The fraction of sp³-hybridized carbons (Fsp3) is 0.278. The zero-order valence-electron chi connectivity index (χ0n) is 13.0. The molecular weight excluding hydrogens is 276 g/mol. The second-order valence-electron chi connectivity index (χ2n) is 5.32. The summed E-state index contributed by atoms with van der Waals surface area (Å²) < 4.78 is 2.24. The van der Waals surface area contributed by atoms with Crippen molar-refractivity contribution < 1.29 is 4.57 Å². The molecule has 21 heavy (non-hydrogen) atoms. The topological polar surface area (TPSA) is 7.12 Å². The van der Waals surface area contributed by atoms with Gasteiger partial charge in [0.2, 0.25) is 5.69 Å². The molecule has 1 aromatic heterocycles. The van der Waals surface area contributed by atoms with Crippen LogP contribution in [0.5, 0.6) is 0 Å². The first kappa shape index (κ1) is 15.6. The fourth-order valence-electron chi connectivity index (χ4n) is 2.33. The Balaban J connectivity index is 2.28. The summed E-state index contributed by atoms with van der Waals surface area (Å²) in [6.45, 7) is 3.08. The predicted molar refractivity (Wildman–Crippen MR) is 94.8 cm³/mol. The average molecular weight is 299 g/mol. The van der Waals surface area contributed by atoms with E-state index in [1.807, 2.05) is 0 Å². The van der Waals surface area contributed by atoms with Gasteiger partial charge in [0.15, 0.2) is 12.7 Å². The maximum Gasteiger partial charge on any atom is 0.208 e. The van der Waals surface area contributed by atoms with E-state index < -0.39 is 0 Å². The van der Waals surface area contributed by atoms with E-state index in [4.69, 9.17) is 0 Å². The van der Waals surface area contributed by atoms with Crippen LogP contribution < -0.4 is 9.47 Å². The zero-order chi connectivity index (χ0) is 15.2. The predicted octanol–water partition coefficient (Wildman–Crippen LogP) is 3.53. The quantitative estimate of drug-likeness (QED) is 0.655. The highest BCUT2D eigenvalue weighted by Crippen LogP contribution is 2.17. The molecule has 0 saturated heterocycles. The smallest absolute Gasteiger partial charge is 0.208 e. The largest absolute Gasteiger partial charge is 0.378 e. The fourth-order valence-corrected chi connectivity index (χ4v) is 2.55. The highest BCUT2D eigenvalue weighted by molar-refractivity contribution is 7.80. The monoisotopic (exact) mass is 299 g/mol. The molecule has 3 heteroatoms. The Labute approximate surface area is 133 Å². The number of rotatable bonds is 5. The molecule has 0 aliphatic heterocycles. The average Bonchev–Trinajstić information content (AvgIpc) is 2.48. The second kappa shape index (κ2) is 7.32. The van der Waals surface area contributed by atoms with E-state index in [2.05, 4.69) is 97.9 Å². The summed E-state index contributed by atoms with van der Waals surface area (Å²) >= 11 is 4.33. The molecule has 110 valence electrons. The highest BCUT2D eigenvalue weighted by Gasteiger charge is 2.10. The summed E-state index contributed by atoms with van der Waals surface area (Å²) in [7, 11) is 4.11. The van der Waals surface area contributed by atoms with Crippen molar-refractivity contribution in [3.8, 4) is 0 Å². The van der Waals surface area contributed by atoms with Crippen molar-refractivity contribution in [2.24, 2.45) is 0 Å². The molecular formula is C18H23N2S+. The normalized spacial score (nSPS) is 11.5. The lowest BCUT2D eigenvalue weighted by molar-refractivity contribution is -0.694. The lowest BCUT2D eigenvalue weighted by atomic mass is 10.1. The number of anilines is 1. The van der Waals surface area contributed by atoms with Crippen LogP contribution in [0.4, 0.5) is 5.69 Å². The number of allylic oxidation sites excluding steroid dienone is 1. The van der Waals surface area contributed by atoms with Gasteiger partial charge in [-0.15, -0.1) is 0 Å². The van der Waals surface area contributed by atoms with Crippen molar-refractivity contribution in [2.75, 3.05) is 24.7 Å². The maximum atomic E-state index is 4.33. The van der Waals surface area contributed by atoms with Crippen LogP contribution in [0.25, 0.3) is 11.6 Å². The van der Waals surface area contributed by atoms with Gasteiger partial charge in [0.25, 0.3) is 0 Å². The molecule has 1 aromatic carbocycles. The second-order valence-corrected chi connectivity index (χ2v) is 5.76. The molecule has 0 unspecified atom stereocenters. The van der Waals surface area contributed by atoms with Crippen LogP contribution in [0.2, 0.25) is 0 Å². The number of aryl methyl sites for hydroxylation is 1. The Morgan fingerprint density at radius 3 is 2.48 bits per heavy atom. The van der Waals surface area contributed by atoms with Crippen LogP contribution in [0.3, 0.4) is 0 Å². The summed E-state index contributed by atoms with van der Waals surface area (Å²) in [5.41, 5.74) is 4.94. The summed E-state index contributed by atoms with van der Waals surface area (Å²) in [5.74, 6) is 0.840. The minimum absolute atomic E-state index is 0.840. The number of nitrogens with zero attached hydrogens (tertiary/aromatic N) is 2. The molecule has 0 fully saturated rings. The lowest BCUT2D eigenvalue weighted by Gasteiger charge is -2.12. The van der Waals surface area contributed by atoms with E-state index in [-0.39, 0.29) is 0 Å². The van der Waals surface area contributed by atoms with Gasteiger partial charge in [-0.2, -0.15) is 17.2 Å².